The SMILES string of the molecule is Cn1nc2nc(NCCc3ccccn3)nc(-c3cccc(F)c3F)c2c1N. The molecule has 0 saturated heterocycles. The molecule has 0 fully saturated rings. The molecule has 0 saturated carbocycles. The summed E-state index contributed by atoms with van der Waals surface area (Å²) in [5.41, 5.74) is 7.47. The number of nitrogens with two attached hydrogens (primary N) is 1. The monoisotopic (exact) mass is 381 g/mol. The molecule has 28 heavy (non-hydrogen) atoms. The first-order valence-electron chi connectivity index (χ1n) is 8.63. The molecule has 1 aromatic carbocycles. The lowest BCUT2D eigenvalue weighted by molar-refractivity contribution is 0.511. The molecule has 0 amide bonds. The van der Waals surface area contributed by atoms with E-state index in [1.165, 1.54) is 16.8 Å². The van der Waals surface area contributed by atoms with E-state index in [2.05, 4.69) is 25.4 Å². The molecule has 3 aromatic heterocycles. The fraction of sp³-hybridized carbons (Fsp3) is 0.158. The number of benzene rings is 1. The van der Waals surface area contributed by atoms with Gasteiger partial charge in [0.2, 0.25) is 5.95 Å². The van der Waals surface area contributed by atoms with Crippen LogP contribution in [0.15, 0.2) is 42.6 Å². The normalized spacial score (nSPS) is 11.1. The number of hydrogen-bond acceptors (Lipinski definition) is 6. The van der Waals surface area contributed by atoms with Gasteiger partial charge in [0.05, 0.1) is 11.1 Å². The number of aromatic nitrogens is 5. The maximum Gasteiger partial charge on any atom is 0.225 e. The summed E-state index contributed by atoms with van der Waals surface area (Å²) in [6.07, 6.45) is 2.37. The molecule has 4 rings (SSSR count). The van der Waals surface area contributed by atoms with Crippen LogP contribution in [0.25, 0.3) is 22.3 Å². The number of nitrogens with zero attached hydrogens (tertiary/aromatic N) is 5. The van der Waals surface area contributed by atoms with Gasteiger partial charge < -0.3 is 11.1 Å². The van der Waals surface area contributed by atoms with E-state index in [0.717, 1.165) is 11.8 Å². The summed E-state index contributed by atoms with van der Waals surface area (Å²) in [6.45, 7) is 0.510. The quantitative estimate of drug-likeness (QED) is 0.552. The van der Waals surface area contributed by atoms with E-state index < -0.39 is 11.6 Å². The van der Waals surface area contributed by atoms with Gasteiger partial charge in [-0.25, -0.2) is 13.8 Å². The van der Waals surface area contributed by atoms with Gasteiger partial charge in [-0.2, -0.15) is 10.1 Å². The van der Waals surface area contributed by atoms with Crippen LogP contribution in [-0.2, 0) is 13.5 Å². The molecule has 3 N–H and O–H groups in total. The summed E-state index contributed by atoms with van der Waals surface area (Å²) in [5, 5.41) is 7.72. The fourth-order valence-electron chi connectivity index (χ4n) is 2.92. The summed E-state index contributed by atoms with van der Waals surface area (Å²) in [6, 6.07) is 9.59. The second kappa shape index (κ2) is 7.18. The zero-order valence-electron chi connectivity index (χ0n) is 15.0. The Hall–Kier alpha value is -3.62. The van der Waals surface area contributed by atoms with Crippen molar-refractivity contribution in [2.75, 3.05) is 17.6 Å². The van der Waals surface area contributed by atoms with Crippen molar-refractivity contribution in [2.45, 2.75) is 6.42 Å². The number of anilines is 2. The minimum atomic E-state index is -0.995. The summed E-state index contributed by atoms with van der Waals surface area (Å²) < 4.78 is 29.6. The van der Waals surface area contributed by atoms with Gasteiger partial charge >= 0.3 is 0 Å². The van der Waals surface area contributed by atoms with Gasteiger partial charge in [-0.15, -0.1) is 0 Å². The summed E-state index contributed by atoms with van der Waals surface area (Å²) in [5.74, 6) is -1.43. The van der Waals surface area contributed by atoms with Crippen molar-refractivity contribution in [3.8, 4) is 11.3 Å². The van der Waals surface area contributed by atoms with Gasteiger partial charge in [-0.1, -0.05) is 12.1 Å². The number of aryl methyl sites for hydroxylation is 1. The molecular weight excluding hydrogens is 364 g/mol. The van der Waals surface area contributed by atoms with Crippen molar-refractivity contribution in [3.63, 3.8) is 0 Å². The highest BCUT2D eigenvalue weighted by Gasteiger charge is 2.20. The standard InChI is InChI=1S/C19H17F2N7/c1-28-17(22)14-16(12-6-4-7-13(20)15(12)21)25-19(26-18(14)27-28)24-10-8-11-5-2-3-9-23-11/h2-7,9H,8,10,22H2,1H3,(H,24,26,27). The summed E-state index contributed by atoms with van der Waals surface area (Å²) >= 11 is 0. The second-order valence-electron chi connectivity index (χ2n) is 6.20. The first-order chi connectivity index (χ1) is 13.5. The first-order valence-corrected chi connectivity index (χ1v) is 8.63. The Morgan fingerprint density at radius 2 is 1.96 bits per heavy atom. The van der Waals surface area contributed by atoms with E-state index in [9.17, 15) is 8.78 Å². The van der Waals surface area contributed by atoms with E-state index in [1.807, 2.05) is 18.2 Å². The molecular formula is C19H17F2N7. The molecule has 0 aliphatic heterocycles. The third kappa shape index (κ3) is 3.22. The smallest absolute Gasteiger partial charge is 0.225 e. The van der Waals surface area contributed by atoms with Crippen molar-refractivity contribution in [1.82, 2.24) is 24.7 Å². The number of rotatable bonds is 5. The molecule has 4 aromatic rings. The largest absolute Gasteiger partial charge is 0.383 e. The zero-order valence-corrected chi connectivity index (χ0v) is 15.0. The highest BCUT2D eigenvalue weighted by Crippen LogP contribution is 2.33. The number of nitrogen functional groups attached to an aromatic ring is 1. The Kier molecular flexibility index (Phi) is 4.56. The van der Waals surface area contributed by atoms with Gasteiger partial charge in [-0.3, -0.25) is 9.67 Å². The van der Waals surface area contributed by atoms with Crippen molar-refractivity contribution < 1.29 is 8.78 Å². The number of nitrogens with one attached hydrogen (secondary N) is 1. The maximum atomic E-state index is 14.4. The lowest BCUT2D eigenvalue weighted by atomic mass is 10.1. The number of halogens is 2. The van der Waals surface area contributed by atoms with Crippen LogP contribution in [0.1, 0.15) is 5.69 Å². The first kappa shape index (κ1) is 17.8. The van der Waals surface area contributed by atoms with Gasteiger partial charge in [0, 0.05) is 37.5 Å². The van der Waals surface area contributed by atoms with Crippen LogP contribution in [0.3, 0.4) is 0 Å². The van der Waals surface area contributed by atoms with Crippen molar-refractivity contribution in [3.05, 3.63) is 59.9 Å². The topological polar surface area (TPSA) is 94.5 Å². The van der Waals surface area contributed by atoms with Gasteiger partial charge in [0.25, 0.3) is 0 Å². The summed E-state index contributed by atoms with van der Waals surface area (Å²) in [7, 11) is 1.65. The molecule has 3 heterocycles. The Bertz CT molecular complexity index is 1140. The lowest BCUT2D eigenvalue weighted by Gasteiger charge is -2.09. The molecule has 7 nitrogen and oxygen atoms in total. The van der Waals surface area contributed by atoms with Crippen molar-refractivity contribution >= 4 is 22.8 Å². The molecule has 0 atom stereocenters. The number of hydrogen-bond donors (Lipinski definition) is 2. The van der Waals surface area contributed by atoms with E-state index >= 15 is 0 Å². The highest BCUT2D eigenvalue weighted by atomic mass is 19.2. The van der Waals surface area contributed by atoms with Crippen LogP contribution in [-0.4, -0.2) is 31.3 Å². The van der Waals surface area contributed by atoms with Crippen molar-refractivity contribution in [2.24, 2.45) is 7.05 Å². The molecule has 0 bridgehead atoms. The Balaban J connectivity index is 1.74. The van der Waals surface area contributed by atoms with E-state index in [-0.39, 0.29) is 23.0 Å². The average molecular weight is 381 g/mol. The third-order valence-electron chi connectivity index (χ3n) is 4.34. The van der Waals surface area contributed by atoms with Gasteiger partial charge in [-0.05, 0) is 24.3 Å². The van der Waals surface area contributed by atoms with Crippen LogP contribution in [0.2, 0.25) is 0 Å². The number of fused-ring (bicyclic) bond motifs is 1. The van der Waals surface area contributed by atoms with Crippen LogP contribution in [0.5, 0.6) is 0 Å². The predicted molar refractivity (Wildman–Crippen MR) is 102 cm³/mol. The lowest BCUT2D eigenvalue weighted by Crippen LogP contribution is -2.09. The Morgan fingerprint density at radius 1 is 1.11 bits per heavy atom. The molecule has 0 spiro atoms. The van der Waals surface area contributed by atoms with Gasteiger partial charge in [0.1, 0.15) is 5.82 Å². The van der Waals surface area contributed by atoms with Crippen LogP contribution >= 0.6 is 0 Å². The molecule has 142 valence electrons. The minimum absolute atomic E-state index is 0.000115. The highest BCUT2D eigenvalue weighted by molar-refractivity contribution is 5.99. The fourth-order valence-corrected chi connectivity index (χ4v) is 2.92. The Morgan fingerprint density at radius 3 is 2.75 bits per heavy atom. The third-order valence-corrected chi connectivity index (χ3v) is 4.34. The molecule has 9 heteroatoms. The van der Waals surface area contributed by atoms with Crippen LogP contribution < -0.4 is 11.1 Å². The molecule has 0 aliphatic rings. The van der Waals surface area contributed by atoms with Gasteiger partial charge in [0.15, 0.2) is 17.3 Å². The number of pyridine rings is 1. The predicted octanol–water partition coefficient (Wildman–Crippen LogP) is 2.94. The van der Waals surface area contributed by atoms with E-state index in [0.29, 0.717) is 24.0 Å². The minimum Gasteiger partial charge on any atom is -0.383 e. The molecule has 0 aliphatic carbocycles. The van der Waals surface area contributed by atoms with Crippen molar-refractivity contribution in [1.29, 1.82) is 0 Å². The second-order valence-corrected chi connectivity index (χ2v) is 6.20. The summed E-state index contributed by atoms with van der Waals surface area (Å²) in [4.78, 5) is 13.0. The zero-order chi connectivity index (χ0) is 19.7. The Labute approximate surface area is 159 Å². The average Bonchev–Trinajstić information content (AvgIpc) is 2.98. The van der Waals surface area contributed by atoms with Crippen LogP contribution in [0.4, 0.5) is 20.5 Å². The van der Waals surface area contributed by atoms with E-state index in [1.54, 1.807) is 13.2 Å². The molecule has 0 radical (unpaired) electrons. The van der Waals surface area contributed by atoms with E-state index in [4.69, 9.17) is 5.73 Å². The maximum absolute atomic E-state index is 14.4. The van der Waals surface area contributed by atoms with Crippen LogP contribution in [0, 0.1) is 11.6 Å². The molecule has 0 unspecified atom stereocenters.